The summed E-state index contributed by atoms with van der Waals surface area (Å²) < 4.78 is 5.80. The average Bonchev–Trinajstić information content (AvgIpc) is 3.17. The number of hydrogen-bond acceptors (Lipinski definition) is 3. The van der Waals surface area contributed by atoms with E-state index in [2.05, 4.69) is 67.8 Å². The summed E-state index contributed by atoms with van der Waals surface area (Å²) in [6, 6.07) is 16.8. The van der Waals surface area contributed by atoms with Gasteiger partial charge in [0.1, 0.15) is 10.8 Å². The van der Waals surface area contributed by atoms with Crippen molar-refractivity contribution >= 4 is 23.5 Å². The normalized spacial score (nSPS) is 11.2. The van der Waals surface area contributed by atoms with Crippen molar-refractivity contribution in [1.82, 2.24) is 4.98 Å². The van der Waals surface area contributed by atoms with Crippen LogP contribution in [-0.2, 0) is 0 Å². The molecule has 1 heterocycles. The molecular weight excluding hydrogens is 350 g/mol. The first-order chi connectivity index (χ1) is 13.2. The van der Waals surface area contributed by atoms with Crippen LogP contribution in [0.3, 0.4) is 0 Å². The molecule has 0 aliphatic rings. The van der Waals surface area contributed by atoms with Crippen molar-refractivity contribution in [3.05, 3.63) is 70.0 Å². The number of rotatable bonds is 9. The number of aromatic nitrogens is 1. The number of ether oxygens (including phenoxy) is 1. The lowest BCUT2D eigenvalue weighted by Gasteiger charge is -2.05. The highest BCUT2D eigenvalue weighted by Gasteiger charge is 2.02. The SMILES string of the molecule is CCCCCCOc1ccc(/C=C/c2nc(-c3ccc(C)cc3)cs2)cc1. The summed E-state index contributed by atoms with van der Waals surface area (Å²) in [5.41, 5.74) is 4.62. The van der Waals surface area contributed by atoms with Gasteiger partial charge in [-0.25, -0.2) is 4.98 Å². The first-order valence-corrected chi connectivity index (χ1v) is 10.6. The Morgan fingerprint density at radius 2 is 1.70 bits per heavy atom. The average molecular weight is 378 g/mol. The van der Waals surface area contributed by atoms with E-state index in [0.717, 1.165) is 40.6 Å². The second kappa shape index (κ2) is 10.1. The Morgan fingerprint density at radius 1 is 0.926 bits per heavy atom. The van der Waals surface area contributed by atoms with E-state index in [4.69, 9.17) is 9.72 Å². The van der Waals surface area contributed by atoms with E-state index >= 15 is 0 Å². The van der Waals surface area contributed by atoms with Gasteiger partial charge in [-0.3, -0.25) is 0 Å². The topological polar surface area (TPSA) is 22.1 Å². The van der Waals surface area contributed by atoms with Gasteiger partial charge in [-0.15, -0.1) is 11.3 Å². The summed E-state index contributed by atoms with van der Waals surface area (Å²) in [6.45, 7) is 5.12. The minimum atomic E-state index is 0.802. The van der Waals surface area contributed by atoms with E-state index in [-0.39, 0.29) is 0 Å². The molecule has 0 unspecified atom stereocenters. The van der Waals surface area contributed by atoms with Gasteiger partial charge in [0.05, 0.1) is 12.3 Å². The quantitative estimate of drug-likeness (QED) is 0.366. The predicted molar refractivity (Wildman–Crippen MR) is 117 cm³/mol. The van der Waals surface area contributed by atoms with Gasteiger partial charge < -0.3 is 4.74 Å². The Hall–Kier alpha value is -2.39. The fourth-order valence-electron chi connectivity index (χ4n) is 2.78. The molecule has 1 aromatic heterocycles. The summed E-state index contributed by atoms with van der Waals surface area (Å²) in [5, 5.41) is 3.13. The Bertz CT molecular complexity index is 847. The van der Waals surface area contributed by atoms with Crippen molar-refractivity contribution in [1.29, 1.82) is 0 Å². The van der Waals surface area contributed by atoms with Crippen LogP contribution in [0.4, 0.5) is 0 Å². The lowest BCUT2D eigenvalue weighted by molar-refractivity contribution is 0.305. The fourth-order valence-corrected chi connectivity index (χ4v) is 3.50. The molecule has 0 fully saturated rings. The van der Waals surface area contributed by atoms with Gasteiger partial charge in [-0.2, -0.15) is 0 Å². The summed E-state index contributed by atoms with van der Waals surface area (Å²) in [4.78, 5) is 4.71. The highest BCUT2D eigenvalue weighted by molar-refractivity contribution is 7.10. The molecule has 3 heteroatoms. The van der Waals surface area contributed by atoms with Gasteiger partial charge in [0.15, 0.2) is 0 Å². The Morgan fingerprint density at radius 3 is 2.44 bits per heavy atom. The van der Waals surface area contributed by atoms with Crippen molar-refractivity contribution in [3.8, 4) is 17.0 Å². The Labute approximate surface area is 166 Å². The van der Waals surface area contributed by atoms with Gasteiger partial charge in [0.2, 0.25) is 0 Å². The Balaban J connectivity index is 1.54. The lowest BCUT2D eigenvalue weighted by Crippen LogP contribution is -1.96. The molecule has 0 amide bonds. The summed E-state index contributed by atoms with van der Waals surface area (Å²) in [5.74, 6) is 0.944. The van der Waals surface area contributed by atoms with Crippen molar-refractivity contribution in [2.45, 2.75) is 39.5 Å². The van der Waals surface area contributed by atoms with Gasteiger partial charge >= 0.3 is 0 Å². The maximum atomic E-state index is 5.80. The van der Waals surface area contributed by atoms with E-state index in [1.165, 1.54) is 24.8 Å². The van der Waals surface area contributed by atoms with E-state index in [1.54, 1.807) is 11.3 Å². The van der Waals surface area contributed by atoms with Crippen LogP contribution in [0, 0.1) is 6.92 Å². The zero-order valence-electron chi connectivity index (χ0n) is 16.2. The summed E-state index contributed by atoms with van der Waals surface area (Å²) in [7, 11) is 0. The Kier molecular flexibility index (Phi) is 7.23. The zero-order chi connectivity index (χ0) is 18.9. The van der Waals surface area contributed by atoms with Crippen LogP contribution in [0.1, 0.15) is 48.7 Å². The zero-order valence-corrected chi connectivity index (χ0v) is 17.0. The third kappa shape index (κ3) is 6.07. The van der Waals surface area contributed by atoms with Gasteiger partial charge in [0.25, 0.3) is 0 Å². The molecule has 2 nitrogen and oxygen atoms in total. The molecule has 3 aromatic rings. The molecule has 0 aliphatic carbocycles. The van der Waals surface area contributed by atoms with Crippen molar-refractivity contribution in [2.75, 3.05) is 6.61 Å². The van der Waals surface area contributed by atoms with Crippen molar-refractivity contribution in [3.63, 3.8) is 0 Å². The molecule has 0 radical (unpaired) electrons. The largest absolute Gasteiger partial charge is 0.494 e. The molecule has 0 spiro atoms. The predicted octanol–water partition coefficient (Wildman–Crippen LogP) is 7.25. The molecule has 0 saturated carbocycles. The summed E-state index contributed by atoms with van der Waals surface area (Å²) >= 11 is 1.67. The summed E-state index contributed by atoms with van der Waals surface area (Å²) in [6.07, 6.45) is 9.09. The first-order valence-electron chi connectivity index (χ1n) is 9.68. The minimum absolute atomic E-state index is 0.802. The number of unbranched alkanes of at least 4 members (excludes halogenated alkanes) is 3. The molecular formula is C24H27NOS. The third-order valence-electron chi connectivity index (χ3n) is 4.43. The first kappa shape index (κ1) is 19.4. The molecule has 0 N–H and O–H groups in total. The van der Waals surface area contributed by atoms with Gasteiger partial charge in [-0.05, 0) is 37.1 Å². The molecule has 0 atom stereocenters. The molecule has 140 valence electrons. The van der Waals surface area contributed by atoms with Crippen LogP contribution in [-0.4, -0.2) is 11.6 Å². The molecule has 3 rings (SSSR count). The number of nitrogens with zero attached hydrogens (tertiary/aromatic N) is 1. The minimum Gasteiger partial charge on any atom is -0.494 e. The highest BCUT2D eigenvalue weighted by Crippen LogP contribution is 2.23. The highest BCUT2D eigenvalue weighted by atomic mass is 32.1. The standard InChI is InChI=1S/C24H27NOS/c1-3-4-5-6-17-26-22-14-9-20(10-15-22)11-16-24-25-23(18-27-24)21-12-7-19(2)8-13-21/h7-16,18H,3-6,17H2,1-2H3/b16-11+. The van der Waals surface area contributed by atoms with E-state index in [9.17, 15) is 0 Å². The number of benzene rings is 2. The maximum Gasteiger partial charge on any atom is 0.119 e. The molecule has 2 aromatic carbocycles. The van der Waals surface area contributed by atoms with Gasteiger partial charge in [0, 0.05) is 10.9 Å². The molecule has 0 aliphatic heterocycles. The van der Waals surface area contributed by atoms with Crippen molar-refractivity contribution in [2.24, 2.45) is 0 Å². The van der Waals surface area contributed by atoms with Crippen LogP contribution in [0.2, 0.25) is 0 Å². The van der Waals surface area contributed by atoms with Crippen LogP contribution in [0.25, 0.3) is 23.4 Å². The van der Waals surface area contributed by atoms with Gasteiger partial charge in [-0.1, -0.05) is 74.2 Å². The van der Waals surface area contributed by atoms with Crippen LogP contribution < -0.4 is 4.74 Å². The number of aryl methyl sites for hydroxylation is 1. The number of thiazole rings is 1. The smallest absolute Gasteiger partial charge is 0.119 e. The monoisotopic (exact) mass is 377 g/mol. The molecule has 0 bridgehead atoms. The maximum absolute atomic E-state index is 5.80. The van der Waals surface area contributed by atoms with E-state index < -0.39 is 0 Å². The second-order valence-electron chi connectivity index (χ2n) is 6.75. The fraction of sp³-hybridized carbons (Fsp3) is 0.292. The molecule has 27 heavy (non-hydrogen) atoms. The van der Waals surface area contributed by atoms with E-state index in [1.807, 2.05) is 12.1 Å². The van der Waals surface area contributed by atoms with Crippen LogP contribution in [0.15, 0.2) is 53.9 Å². The van der Waals surface area contributed by atoms with Crippen LogP contribution in [0.5, 0.6) is 5.75 Å². The third-order valence-corrected chi connectivity index (χ3v) is 5.24. The molecule has 0 saturated heterocycles. The van der Waals surface area contributed by atoms with E-state index in [0.29, 0.717) is 0 Å². The van der Waals surface area contributed by atoms with Crippen LogP contribution >= 0.6 is 11.3 Å². The second-order valence-corrected chi connectivity index (χ2v) is 7.64. The lowest BCUT2D eigenvalue weighted by atomic mass is 10.1. The van der Waals surface area contributed by atoms with Crippen molar-refractivity contribution < 1.29 is 4.74 Å². The number of hydrogen-bond donors (Lipinski definition) is 0.